The van der Waals surface area contributed by atoms with Crippen molar-refractivity contribution >= 4 is 11.9 Å². The number of carbonyl (C=O) groups is 2. The van der Waals surface area contributed by atoms with Gasteiger partial charge in [-0.3, -0.25) is 9.48 Å². The van der Waals surface area contributed by atoms with Crippen LogP contribution in [0.15, 0.2) is 12.7 Å². The van der Waals surface area contributed by atoms with Crippen LogP contribution < -0.4 is 5.32 Å². The minimum atomic E-state index is -0.741. The average Bonchev–Trinajstić information content (AvgIpc) is 2.67. The predicted octanol–water partition coefficient (Wildman–Crippen LogP) is -1.04. The summed E-state index contributed by atoms with van der Waals surface area (Å²) in [6.07, 6.45) is 2.81. The van der Waals surface area contributed by atoms with Gasteiger partial charge in [0.2, 0.25) is 5.91 Å². The Hall–Kier alpha value is -1.92. The largest absolute Gasteiger partial charge is 0.467 e. The molecule has 0 aromatic carbocycles. The molecule has 0 saturated carbocycles. The van der Waals surface area contributed by atoms with Crippen LogP contribution in [0.2, 0.25) is 0 Å². The molecule has 0 radical (unpaired) electrons. The molecule has 15 heavy (non-hydrogen) atoms. The number of aromatic nitrogens is 3. The maximum absolute atomic E-state index is 11.3. The van der Waals surface area contributed by atoms with Crippen LogP contribution in [0.3, 0.4) is 0 Å². The predicted molar refractivity (Wildman–Crippen MR) is 49.6 cm³/mol. The zero-order valence-electron chi connectivity index (χ0n) is 8.51. The highest BCUT2D eigenvalue weighted by atomic mass is 16.5. The molecule has 1 amide bonds. The van der Waals surface area contributed by atoms with E-state index < -0.39 is 12.0 Å². The first kappa shape index (κ1) is 11.2. The maximum Gasteiger partial charge on any atom is 0.330 e. The van der Waals surface area contributed by atoms with Crippen LogP contribution in [0.1, 0.15) is 6.92 Å². The van der Waals surface area contributed by atoms with Crippen molar-refractivity contribution in [2.24, 2.45) is 0 Å². The first-order valence-electron chi connectivity index (χ1n) is 4.31. The van der Waals surface area contributed by atoms with Crippen molar-refractivity contribution in [3.8, 4) is 0 Å². The van der Waals surface area contributed by atoms with Crippen molar-refractivity contribution in [3.63, 3.8) is 0 Å². The number of amides is 1. The van der Waals surface area contributed by atoms with E-state index in [9.17, 15) is 9.59 Å². The topological polar surface area (TPSA) is 86.1 Å². The Bertz CT molecular complexity index is 336. The molecule has 0 aliphatic carbocycles. The summed E-state index contributed by atoms with van der Waals surface area (Å²) < 4.78 is 5.99. The number of hydrogen-bond acceptors (Lipinski definition) is 5. The molecule has 0 saturated heterocycles. The Morgan fingerprint density at radius 1 is 1.60 bits per heavy atom. The van der Waals surface area contributed by atoms with Gasteiger partial charge in [0.1, 0.15) is 18.7 Å². The van der Waals surface area contributed by atoms with Crippen LogP contribution in [-0.2, 0) is 20.9 Å². The van der Waals surface area contributed by atoms with Gasteiger partial charge in [0.25, 0.3) is 0 Å². The molecular weight excluding hydrogens is 200 g/mol. The van der Waals surface area contributed by atoms with Gasteiger partial charge in [-0.05, 0) is 0 Å². The summed E-state index contributed by atoms with van der Waals surface area (Å²) in [4.78, 5) is 25.8. The Balaban J connectivity index is 2.64. The van der Waals surface area contributed by atoms with E-state index in [0.29, 0.717) is 0 Å². The summed E-state index contributed by atoms with van der Waals surface area (Å²) in [6, 6.07) is -0.741. The Kier molecular flexibility index (Phi) is 3.78. The minimum Gasteiger partial charge on any atom is -0.467 e. The first-order valence-corrected chi connectivity index (χ1v) is 4.31. The average molecular weight is 212 g/mol. The second-order valence-corrected chi connectivity index (χ2v) is 2.89. The normalized spacial score (nSPS) is 11.9. The second kappa shape index (κ2) is 5.08. The molecule has 7 heteroatoms. The van der Waals surface area contributed by atoms with E-state index in [1.807, 2.05) is 0 Å². The van der Waals surface area contributed by atoms with Gasteiger partial charge in [0, 0.05) is 6.92 Å². The van der Waals surface area contributed by atoms with Crippen molar-refractivity contribution in [3.05, 3.63) is 12.7 Å². The van der Waals surface area contributed by atoms with Gasteiger partial charge in [-0.1, -0.05) is 0 Å². The Labute approximate surface area is 86.4 Å². The molecular formula is C8H12N4O3. The highest BCUT2D eigenvalue weighted by Gasteiger charge is 2.20. The molecule has 7 nitrogen and oxygen atoms in total. The number of nitrogens with zero attached hydrogens (tertiary/aromatic N) is 3. The van der Waals surface area contributed by atoms with E-state index in [-0.39, 0.29) is 12.5 Å². The van der Waals surface area contributed by atoms with Crippen molar-refractivity contribution < 1.29 is 14.3 Å². The van der Waals surface area contributed by atoms with E-state index >= 15 is 0 Å². The standard InChI is InChI=1S/C8H12N4O3/c1-6(13)11-7(8(14)15-2)3-12-5-9-4-10-12/h4-5,7H,3H2,1-2H3,(H,11,13)/t7-/m0/s1. The van der Waals surface area contributed by atoms with Gasteiger partial charge >= 0.3 is 5.97 Å². The molecule has 0 aliphatic rings. The first-order chi connectivity index (χ1) is 7.13. The molecule has 1 rings (SSSR count). The van der Waals surface area contributed by atoms with E-state index in [1.165, 1.54) is 31.4 Å². The summed E-state index contributed by atoms with van der Waals surface area (Å²) in [5, 5.41) is 6.29. The van der Waals surface area contributed by atoms with Crippen LogP contribution in [0, 0.1) is 0 Å². The highest BCUT2D eigenvalue weighted by Crippen LogP contribution is 1.93. The third-order valence-corrected chi connectivity index (χ3v) is 1.70. The minimum absolute atomic E-state index is 0.201. The van der Waals surface area contributed by atoms with E-state index in [1.54, 1.807) is 0 Å². The molecule has 1 aromatic rings. The Morgan fingerprint density at radius 3 is 2.80 bits per heavy atom. The van der Waals surface area contributed by atoms with Gasteiger partial charge in [-0.25, -0.2) is 9.78 Å². The molecule has 82 valence electrons. The third kappa shape index (κ3) is 3.37. The lowest BCUT2D eigenvalue weighted by molar-refractivity contribution is -0.145. The monoisotopic (exact) mass is 212 g/mol. The number of hydrogen-bond donors (Lipinski definition) is 1. The van der Waals surface area contributed by atoms with Crippen molar-refractivity contribution in [1.82, 2.24) is 20.1 Å². The van der Waals surface area contributed by atoms with E-state index in [2.05, 4.69) is 20.1 Å². The molecule has 0 bridgehead atoms. The summed E-state index contributed by atoms with van der Waals surface area (Å²) in [6.45, 7) is 1.53. The van der Waals surface area contributed by atoms with E-state index in [0.717, 1.165) is 0 Å². The van der Waals surface area contributed by atoms with Crippen molar-refractivity contribution in [1.29, 1.82) is 0 Å². The zero-order valence-corrected chi connectivity index (χ0v) is 8.51. The van der Waals surface area contributed by atoms with Crippen LogP contribution >= 0.6 is 0 Å². The number of carbonyl (C=O) groups excluding carboxylic acids is 2. The van der Waals surface area contributed by atoms with Crippen LogP contribution in [0.25, 0.3) is 0 Å². The van der Waals surface area contributed by atoms with Crippen LogP contribution in [-0.4, -0.2) is 39.8 Å². The SMILES string of the molecule is COC(=O)[C@H](Cn1cncn1)NC(C)=O. The highest BCUT2D eigenvalue weighted by molar-refractivity contribution is 5.83. The quantitative estimate of drug-likeness (QED) is 0.644. The third-order valence-electron chi connectivity index (χ3n) is 1.70. The van der Waals surface area contributed by atoms with Gasteiger partial charge < -0.3 is 10.1 Å². The number of esters is 1. The maximum atomic E-state index is 11.3. The lowest BCUT2D eigenvalue weighted by Crippen LogP contribution is -2.43. The van der Waals surface area contributed by atoms with Gasteiger partial charge in [-0.2, -0.15) is 5.10 Å². The zero-order chi connectivity index (χ0) is 11.3. The van der Waals surface area contributed by atoms with Gasteiger partial charge in [0.15, 0.2) is 0 Å². The molecule has 0 fully saturated rings. The summed E-state index contributed by atoms with van der Waals surface area (Å²) in [5.41, 5.74) is 0. The molecule has 1 N–H and O–H groups in total. The van der Waals surface area contributed by atoms with Crippen LogP contribution in [0.5, 0.6) is 0 Å². The molecule has 0 spiro atoms. The van der Waals surface area contributed by atoms with Crippen molar-refractivity contribution in [2.45, 2.75) is 19.5 Å². The smallest absolute Gasteiger partial charge is 0.330 e. The van der Waals surface area contributed by atoms with Crippen LogP contribution in [0.4, 0.5) is 0 Å². The fraction of sp³-hybridized carbons (Fsp3) is 0.500. The molecule has 0 unspecified atom stereocenters. The van der Waals surface area contributed by atoms with Gasteiger partial charge in [0.05, 0.1) is 13.7 Å². The lowest BCUT2D eigenvalue weighted by Gasteiger charge is -2.14. The van der Waals surface area contributed by atoms with E-state index in [4.69, 9.17) is 0 Å². The number of methoxy groups -OCH3 is 1. The molecule has 1 heterocycles. The fourth-order valence-corrected chi connectivity index (χ4v) is 1.08. The molecule has 1 atom stereocenters. The molecule has 0 aliphatic heterocycles. The second-order valence-electron chi connectivity index (χ2n) is 2.89. The summed E-state index contributed by atoms with van der Waals surface area (Å²) >= 11 is 0. The number of ether oxygens (including phenoxy) is 1. The summed E-state index contributed by atoms with van der Waals surface area (Å²) in [7, 11) is 1.26. The molecule has 1 aromatic heterocycles. The lowest BCUT2D eigenvalue weighted by atomic mass is 10.3. The van der Waals surface area contributed by atoms with Gasteiger partial charge in [-0.15, -0.1) is 0 Å². The fourth-order valence-electron chi connectivity index (χ4n) is 1.08. The Morgan fingerprint density at radius 2 is 2.33 bits per heavy atom. The number of rotatable bonds is 4. The van der Waals surface area contributed by atoms with Crippen molar-refractivity contribution in [2.75, 3.05) is 7.11 Å². The number of nitrogens with one attached hydrogen (secondary N) is 1. The summed E-state index contributed by atoms with van der Waals surface area (Å²) in [5.74, 6) is -0.814.